The van der Waals surface area contributed by atoms with Gasteiger partial charge in [0.15, 0.2) is 0 Å². The molecule has 1 aromatic heterocycles. The molecule has 0 aliphatic carbocycles. The molecular formula is C11H17N3OS. The van der Waals surface area contributed by atoms with Crippen molar-refractivity contribution in [3.05, 3.63) is 23.9 Å². The largest absolute Gasteiger partial charge is 0.393 e. The first-order chi connectivity index (χ1) is 7.52. The van der Waals surface area contributed by atoms with E-state index in [9.17, 15) is 5.11 Å². The molecule has 3 N–H and O–H groups in total. The van der Waals surface area contributed by atoms with E-state index in [0.717, 1.165) is 11.4 Å². The maximum absolute atomic E-state index is 9.23. The molecule has 1 heterocycles. The summed E-state index contributed by atoms with van der Waals surface area (Å²) in [6, 6.07) is 3.66. The van der Waals surface area contributed by atoms with Crippen LogP contribution in [0.3, 0.4) is 0 Å². The van der Waals surface area contributed by atoms with E-state index >= 15 is 0 Å². The molecule has 0 aliphatic heterocycles. The molecule has 0 aromatic carbocycles. The lowest BCUT2D eigenvalue weighted by molar-refractivity contribution is 0.187. The second-order valence-electron chi connectivity index (χ2n) is 3.80. The van der Waals surface area contributed by atoms with Gasteiger partial charge >= 0.3 is 0 Å². The van der Waals surface area contributed by atoms with E-state index in [1.807, 2.05) is 18.0 Å². The van der Waals surface area contributed by atoms with Gasteiger partial charge in [0.25, 0.3) is 0 Å². The summed E-state index contributed by atoms with van der Waals surface area (Å²) in [6.45, 7) is 2.48. The summed E-state index contributed by atoms with van der Waals surface area (Å²) in [6.07, 6.45) is 2.07. The molecule has 0 aliphatic rings. The quantitative estimate of drug-likeness (QED) is 0.748. The Morgan fingerprint density at radius 1 is 1.69 bits per heavy atom. The number of pyridine rings is 1. The van der Waals surface area contributed by atoms with Crippen molar-refractivity contribution in [2.45, 2.75) is 19.4 Å². The first-order valence-corrected chi connectivity index (χ1v) is 5.57. The third kappa shape index (κ3) is 3.43. The average Bonchev–Trinajstić information content (AvgIpc) is 2.25. The molecule has 16 heavy (non-hydrogen) atoms. The lowest BCUT2D eigenvalue weighted by Crippen LogP contribution is -2.26. The van der Waals surface area contributed by atoms with E-state index in [4.69, 9.17) is 18.0 Å². The van der Waals surface area contributed by atoms with E-state index in [1.54, 1.807) is 19.2 Å². The fraction of sp³-hybridized carbons (Fsp3) is 0.455. The molecule has 4 nitrogen and oxygen atoms in total. The van der Waals surface area contributed by atoms with Crippen molar-refractivity contribution in [1.29, 1.82) is 0 Å². The third-order valence-corrected chi connectivity index (χ3v) is 2.52. The van der Waals surface area contributed by atoms with E-state index in [-0.39, 0.29) is 6.10 Å². The van der Waals surface area contributed by atoms with E-state index in [2.05, 4.69) is 4.98 Å². The van der Waals surface area contributed by atoms with Crippen molar-refractivity contribution >= 4 is 23.0 Å². The van der Waals surface area contributed by atoms with Crippen molar-refractivity contribution in [3.8, 4) is 0 Å². The summed E-state index contributed by atoms with van der Waals surface area (Å²) in [4.78, 5) is 6.54. The summed E-state index contributed by atoms with van der Waals surface area (Å²) >= 11 is 4.97. The minimum absolute atomic E-state index is 0.320. The van der Waals surface area contributed by atoms with Gasteiger partial charge in [0.2, 0.25) is 0 Å². The first kappa shape index (κ1) is 12.9. The Morgan fingerprint density at radius 3 is 2.94 bits per heavy atom. The molecule has 0 radical (unpaired) electrons. The van der Waals surface area contributed by atoms with Crippen LogP contribution in [-0.2, 0) is 0 Å². The van der Waals surface area contributed by atoms with Crippen LogP contribution in [0.5, 0.6) is 0 Å². The summed E-state index contributed by atoms with van der Waals surface area (Å²) in [7, 11) is 1.91. The number of aromatic nitrogens is 1. The molecule has 5 heteroatoms. The maximum Gasteiger partial charge on any atom is 0.138 e. The van der Waals surface area contributed by atoms with E-state index in [0.29, 0.717) is 18.0 Å². The Kier molecular flexibility index (Phi) is 4.64. The summed E-state index contributed by atoms with van der Waals surface area (Å²) in [5.74, 6) is 0.760. The van der Waals surface area contributed by atoms with Crippen LogP contribution in [0.2, 0.25) is 0 Å². The highest BCUT2D eigenvalue weighted by molar-refractivity contribution is 7.80. The van der Waals surface area contributed by atoms with Gasteiger partial charge in [0.1, 0.15) is 10.8 Å². The Morgan fingerprint density at radius 2 is 2.38 bits per heavy atom. The SMILES string of the molecule is CC(O)CCN(C)c1ncccc1C(N)=S. The number of anilines is 1. The lowest BCUT2D eigenvalue weighted by Gasteiger charge is -2.21. The van der Waals surface area contributed by atoms with Crippen molar-refractivity contribution in [2.24, 2.45) is 5.73 Å². The number of thiocarbonyl (C=S) groups is 1. The van der Waals surface area contributed by atoms with Gasteiger partial charge in [0, 0.05) is 19.8 Å². The fourth-order valence-electron chi connectivity index (χ4n) is 1.38. The maximum atomic E-state index is 9.23. The van der Waals surface area contributed by atoms with Crippen LogP contribution in [0.1, 0.15) is 18.9 Å². The number of rotatable bonds is 5. The highest BCUT2D eigenvalue weighted by Crippen LogP contribution is 2.15. The van der Waals surface area contributed by atoms with Crippen LogP contribution in [0, 0.1) is 0 Å². The minimum atomic E-state index is -0.320. The normalized spacial score (nSPS) is 12.2. The third-order valence-electron chi connectivity index (χ3n) is 2.30. The zero-order valence-electron chi connectivity index (χ0n) is 9.55. The molecule has 1 atom stereocenters. The monoisotopic (exact) mass is 239 g/mol. The van der Waals surface area contributed by atoms with Crippen molar-refractivity contribution in [3.63, 3.8) is 0 Å². The summed E-state index contributed by atoms with van der Waals surface area (Å²) in [5, 5.41) is 9.23. The minimum Gasteiger partial charge on any atom is -0.393 e. The van der Waals surface area contributed by atoms with E-state index < -0.39 is 0 Å². The number of nitrogens with zero attached hydrogens (tertiary/aromatic N) is 2. The standard InChI is InChI=1S/C11H17N3OS/c1-8(15)5-7-14(2)11-9(10(12)16)4-3-6-13-11/h3-4,6,8,15H,5,7H2,1-2H3,(H2,12,16). The highest BCUT2D eigenvalue weighted by atomic mass is 32.1. The van der Waals surface area contributed by atoms with Gasteiger partial charge in [-0.15, -0.1) is 0 Å². The number of nitrogens with two attached hydrogens (primary N) is 1. The van der Waals surface area contributed by atoms with Gasteiger partial charge in [-0.05, 0) is 25.5 Å². The molecule has 1 aromatic rings. The van der Waals surface area contributed by atoms with Crippen LogP contribution in [0.15, 0.2) is 18.3 Å². The molecule has 0 amide bonds. The molecule has 0 spiro atoms. The predicted octanol–water partition coefficient (Wildman–Crippen LogP) is 0.923. The number of hydrogen-bond donors (Lipinski definition) is 2. The second-order valence-corrected chi connectivity index (χ2v) is 4.24. The van der Waals surface area contributed by atoms with Crippen LogP contribution < -0.4 is 10.6 Å². The van der Waals surface area contributed by atoms with Crippen molar-refractivity contribution < 1.29 is 5.11 Å². The van der Waals surface area contributed by atoms with Gasteiger partial charge in [-0.2, -0.15) is 0 Å². The number of aliphatic hydroxyl groups excluding tert-OH is 1. The molecule has 0 fully saturated rings. The topological polar surface area (TPSA) is 62.4 Å². The summed E-state index contributed by atoms with van der Waals surface area (Å²) in [5.41, 5.74) is 6.39. The fourth-order valence-corrected chi connectivity index (χ4v) is 1.54. The van der Waals surface area contributed by atoms with Crippen LogP contribution in [0.25, 0.3) is 0 Å². The Labute approximate surface area is 101 Å². The van der Waals surface area contributed by atoms with Crippen LogP contribution in [0.4, 0.5) is 5.82 Å². The number of hydrogen-bond acceptors (Lipinski definition) is 4. The second kappa shape index (κ2) is 5.77. The Hall–Kier alpha value is -1.20. The Bertz CT molecular complexity index is 368. The molecule has 1 rings (SSSR count). The smallest absolute Gasteiger partial charge is 0.138 e. The molecule has 88 valence electrons. The zero-order valence-corrected chi connectivity index (χ0v) is 10.4. The van der Waals surface area contributed by atoms with Crippen molar-refractivity contribution in [2.75, 3.05) is 18.5 Å². The van der Waals surface area contributed by atoms with Gasteiger partial charge in [-0.3, -0.25) is 0 Å². The van der Waals surface area contributed by atoms with Gasteiger partial charge < -0.3 is 15.7 Å². The van der Waals surface area contributed by atoms with Crippen LogP contribution in [-0.4, -0.2) is 34.8 Å². The lowest BCUT2D eigenvalue weighted by atomic mass is 10.2. The predicted molar refractivity (Wildman–Crippen MR) is 69.7 cm³/mol. The van der Waals surface area contributed by atoms with Gasteiger partial charge in [0.05, 0.1) is 11.7 Å². The van der Waals surface area contributed by atoms with Crippen LogP contribution >= 0.6 is 12.2 Å². The van der Waals surface area contributed by atoms with Crippen molar-refractivity contribution in [1.82, 2.24) is 4.98 Å². The number of aliphatic hydroxyl groups is 1. The zero-order chi connectivity index (χ0) is 12.1. The summed E-state index contributed by atoms with van der Waals surface area (Å²) < 4.78 is 0. The highest BCUT2D eigenvalue weighted by Gasteiger charge is 2.10. The Balaban J connectivity index is 2.82. The molecular weight excluding hydrogens is 222 g/mol. The van der Waals surface area contributed by atoms with Gasteiger partial charge in [-0.1, -0.05) is 12.2 Å². The first-order valence-electron chi connectivity index (χ1n) is 5.16. The van der Waals surface area contributed by atoms with E-state index in [1.165, 1.54) is 0 Å². The molecule has 1 unspecified atom stereocenters. The molecule has 0 saturated carbocycles. The molecule has 0 bridgehead atoms. The molecule has 0 saturated heterocycles. The van der Waals surface area contributed by atoms with Gasteiger partial charge in [-0.25, -0.2) is 4.98 Å². The average molecular weight is 239 g/mol.